The van der Waals surface area contributed by atoms with Crippen molar-refractivity contribution in [2.75, 3.05) is 6.54 Å². The molecule has 0 aliphatic carbocycles. The summed E-state index contributed by atoms with van der Waals surface area (Å²) in [4.78, 5) is 3.24. The van der Waals surface area contributed by atoms with E-state index >= 15 is 0 Å². The predicted molar refractivity (Wildman–Crippen MR) is 82.2 cm³/mol. The van der Waals surface area contributed by atoms with Gasteiger partial charge in [-0.15, -0.1) is 0 Å². The van der Waals surface area contributed by atoms with Crippen LogP contribution in [-0.2, 0) is 0 Å². The summed E-state index contributed by atoms with van der Waals surface area (Å²) in [5.41, 5.74) is 11.6. The molecule has 1 aromatic heterocycles. The van der Waals surface area contributed by atoms with Gasteiger partial charge in [-0.3, -0.25) is 10.9 Å². The van der Waals surface area contributed by atoms with Crippen molar-refractivity contribution < 1.29 is 0 Å². The number of H-pyrrole nitrogens is 1. The number of hydrazine groups is 1. The third kappa shape index (κ3) is 2.01. The SMILES string of the molecule is c1cc(-c2ccc3[nH]ccc3c2)cc(C2CCNN2)c1. The summed E-state index contributed by atoms with van der Waals surface area (Å²) < 4.78 is 0. The molecule has 1 unspecified atom stereocenters. The Hall–Kier alpha value is -2.10. The third-order valence-corrected chi connectivity index (χ3v) is 4.01. The summed E-state index contributed by atoms with van der Waals surface area (Å²) in [6.45, 7) is 1.03. The minimum Gasteiger partial charge on any atom is -0.361 e. The first kappa shape index (κ1) is 11.7. The van der Waals surface area contributed by atoms with Gasteiger partial charge >= 0.3 is 0 Å². The second-order valence-electron chi connectivity index (χ2n) is 5.32. The number of hydrogen-bond donors (Lipinski definition) is 3. The van der Waals surface area contributed by atoms with Gasteiger partial charge in [0, 0.05) is 24.3 Å². The van der Waals surface area contributed by atoms with Crippen LogP contribution in [0.4, 0.5) is 0 Å². The van der Waals surface area contributed by atoms with E-state index in [1.807, 2.05) is 6.20 Å². The smallest absolute Gasteiger partial charge is 0.0475 e. The van der Waals surface area contributed by atoms with Crippen molar-refractivity contribution in [3.05, 3.63) is 60.3 Å². The summed E-state index contributed by atoms with van der Waals surface area (Å²) in [5, 5.41) is 1.26. The van der Waals surface area contributed by atoms with Gasteiger partial charge in [0.1, 0.15) is 0 Å². The van der Waals surface area contributed by atoms with E-state index in [0.717, 1.165) is 13.0 Å². The Morgan fingerprint density at radius 3 is 2.80 bits per heavy atom. The van der Waals surface area contributed by atoms with Gasteiger partial charge in [-0.1, -0.05) is 24.3 Å². The number of hydrogen-bond acceptors (Lipinski definition) is 2. The number of aromatic amines is 1. The fraction of sp³-hybridized carbons (Fsp3) is 0.176. The molecule has 1 aliphatic rings. The number of benzene rings is 2. The van der Waals surface area contributed by atoms with Crippen LogP contribution in [0.25, 0.3) is 22.0 Å². The Bertz CT molecular complexity index is 739. The molecule has 2 heterocycles. The van der Waals surface area contributed by atoms with Crippen molar-refractivity contribution in [2.45, 2.75) is 12.5 Å². The molecule has 0 saturated carbocycles. The molecule has 2 aromatic carbocycles. The Balaban J connectivity index is 1.75. The van der Waals surface area contributed by atoms with Gasteiger partial charge in [0.2, 0.25) is 0 Å². The fourth-order valence-corrected chi connectivity index (χ4v) is 2.90. The summed E-state index contributed by atoms with van der Waals surface area (Å²) in [5.74, 6) is 0. The van der Waals surface area contributed by atoms with Crippen molar-refractivity contribution in [2.24, 2.45) is 0 Å². The van der Waals surface area contributed by atoms with Crippen LogP contribution in [0.1, 0.15) is 18.0 Å². The highest BCUT2D eigenvalue weighted by Gasteiger charge is 2.16. The van der Waals surface area contributed by atoms with E-state index in [0.29, 0.717) is 6.04 Å². The quantitative estimate of drug-likeness (QED) is 0.663. The van der Waals surface area contributed by atoms with Gasteiger partial charge in [0.15, 0.2) is 0 Å². The maximum atomic E-state index is 3.32. The minimum atomic E-state index is 0.422. The van der Waals surface area contributed by atoms with Crippen LogP contribution in [0.5, 0.6) is 0 Å². The molecule has 0 amide bonds. The summed E-state index contributed by atoms with van der Waals surface area (Å²) >= 11 is 0. The summed E-state index contributed by atoms with van der Waals surface area (Å²) in [7, 11) is 0. The topological polar surface area (TPSA) is 39.9 Å². The molecule has 3 aromatic rings. The lowest BCUT2D eigenvalue weighted by Gasteiger charge is -2.11. The molecule has 20 heavy (non-hydrogen) atoms. The molecule has 100 valence electrons. The zero-order valence-corrected chi connectivity index (χ0v) is 11.2. The number of fused-ring (bicyclic) bond motifs is 1. The van der Waals surface area contributed by atoms with Crippen LogP contribution >= 0.6 is 0 Å². The lowest BCUT2D eigenvalue weighted by molar-refractivity contribution is 0.581. The second kappa shape index (κ2) is 4.78. The standard InChI is InChI=1S/C17H17N3/c1-2-12(10-14(3-1)17-7-9-19-20-17)13-4-5-16-15(11-13)6-8-18-16/h1-6,8,10-11,17-20H,7,9H2. The monoisotopic (exact) mass is 263 g/mol. The number of rotatable bonds is 2. The molecule has 1 atom stereocenters. The molecule has 0 spiro atoms. The van der Waals surface area contributed by atoms with Crippen molar-refractivity contribution in [3.63, 3.8) is 0 Å². The molecule has 1 saturated heterocycles. The van der Waals surface area contributed by atoms with Gasteiger partial charge in [0.05, 0.1) is 0 Å². The van der Waals surface area contributed by atoms with Crippen molar-refractivity contribution in [3.8, 4) is 11.1 Å². The Morgan fingerprint density at radius 2 is 1.90 bits per heavy atom. The molecular weight excluding hydrogens is 246 g/mol. The molecule has 0 radical (unpaired) electrons. The van der Waals surface area contributed by atoms with Crippen LogP contribution in [0.15, 0.2) is 54.7 Å². The van der Waals surface area contributed by atoms with Crippen LogP contribution in [-0.4, -0.2) is 11.5 Å². The lowest BCUT2D eigenvalue weighted by atomic mass is 9.98. The summed E-state index contributed by atoms with van der Waals surface area (Å²) in [6.07, 6.45) is 3.12. The van der Waals surface area contributed by atoms with Crippen LogP contribution in [0.2, 0.25) is 0 Å². The predicted octanol–water partition coefficient (Wildman–Crippen LogP) is 3.37. The highest BCUT2D eigenvalue weighted by atomic mass is 15.4. The molecule has 3 heteroatoms. The van der Waals surface area contributed by atoms with E-state index in [1.165, 1.54) is 27.6 Å². The largest absolute Gasteiger partial charge is 0.361 e. The molecule has 4 rings (SSSR count). The Labute approximate surface area is 118 Å². The maximum Gasteiger partial charge on any atom is 0.0475 e. The molecule has 1 aliphatic heterocycles. The lowest BCUT2D eigenvalue weighted by Crippen LogP contribution is -2.24. The molecule has 3 nitrogen and oxygen atoms in total. The first-order valence-corrected chi connectivity index (χ1v) is 7.06. The van der Waals surface area contributed by atoms with Crippen LogP contribution < -0.4 is 10.9 Å². The van der Waals surface area contributed by atoms with Crippen LogP contribution in [0.3, 0.4) is 0 Å². The van der Waals surface area contributed by atoms with Gasteiger partial charge in [-0.2, -0.15) is 0 Å². The van der Waals surface area contributed by atoms with Crippen LogP contribution in [0, 0.1) is 0 Å². The first-order valence-electron chi connectivity index (χ1n) is 7.06. The number of aromatic nitrogens is 1. The van der Waals surface area contributed by atoms with Gasteiger partial charge < -0.3 is 4.98 Å². The van der Waals surface area contributed by atoms with E-state index in [1.54, 1.807) is 0 Å². The van der Waals surface area contributed by atoms with Crippen molar-refractivity contribution in [1.29, 1.82) is 0 Å². The number of nitrogens with one attached hydrogen (secondary N) is 3. The van der Waals surface area contributed by atoms with Gasteiger partial charge in [-0.25, -0.2) is 0 Å². The third-order valence-electron chi connectivity index (χ3n) is 4.01. The molecule has 1 fully saturated rings. The average molecular weight is 263 g/mol. The average Bonchev–Trinajstić information content (AvgIpc) is 3.18. The van der Waals surface area contributed by atoms with E-state index in [2.05, 4.69) is 64.4 Å². The van der Waals surface area contributed by atoms with Crippen molar-refractivity contribution >= 4 is 10.9 Å². The van der Waals surface area contributed by atoms with E-state index in [-0.39, 0.29) is 0 Å². The van der Waals surface area contributed by atoms with E-state index < -0.39 is 0 Å². The summed E-state index contributed by atoms with van der Waals surface area (Å²) in [6, 6.07) is 17.9. The fourth-order valence-electron chi connectivity index (χ4n) is 2.90. The highest BCUT2D eigenvalue weighted by Crippen LogP contribution is 2.27. The van der Waals surface area contributed by atoms with Gasteiger partial charge in [0.25, 0.3) is 0 Å². The van der Waals surface area contributed by atoms with Crippen molar-refractivity contribution in [1.82, 2.24) is 15.8 Å². The minimum absolute atomic E-state index is 0.422. The Kier molecular flexibility index (Phi) is 2.80. The zero-order chi connectivity index (χ0) is 13.4. The first-order chi connectivity index (χ1) is 9.90. The maximum absolute atomic E-state index is 3.32. The van der Waals surface area contributed by atoms with E-state index in [4.69, 9.17) is 0 Å². The second-order valence-corrected chi connectivity index (χ2v) is 5.32. The molecular formula is C17H17N3. The zero-order valence-electron chi connectivity index (χ0n) is 11.2. The normalized spacial score (nSPS) is 18.7. The van der Waals surface area contributed by atoms with Gasteiger partial charge in [-0.05, 0) is 52.8 Å². The molecule has 3 N–H and O–H groups in total. The Morgan fingerprint density at radius 1 is 0.950 bits per heavy atom. The highest BCUT2D eigenvalue weighted by molar-refractivity contribution is 5.85. The molecule has 0 bridgehead atoms. The van der Waals surface area contributed by atoms with E-state index in [9.17, 15) is 0 Å².